The first-order chi connectivity index (χ1) is 12.0. The molecule has 5 heteroatoms. The van der Waals surface area contributed by atoms with Gasteiger partial charge in [0.25, 0.3) is 0 Å². The van der Waals surface area contributed by atoms with Crippen molar-refractivity contribution in [1.82, 2.24) is 5.43 Å². The first-order valence-corrected chi connectivity index (χ1v) is 9.26. The summed E-state index contributed by atoms with van der Waals surface area (Å²) in [6.07, 6.45) is 0. The number of nitrogens with zero attached hydrogens (tertiary/aromatic N) is 1. The third kappa shape index (κ3) is 6.27. The van der Waals surface area contributed by atoms with Crippen LogP contribution >= 0.6 is 11.8 Å². The van der Waals surface area contributed by atoms with Gasteiger partial charge >= 0.3 is 0 Å². The predicted octanol–water partition coefficient (Wildman–Crippen LogP) is 4.09. The van der Waals surface area contributed by atoms with E-state index in [9.17, 15) is 4.79 Å². The number of ether oxygens (including phenoxy) is 1. The van der Waals surface area contributed by atoms with Gasteiger partial charge in [-0.15, -0.1) is 11.8 Å². The van der Waals surface area contributed by atoms with Gasteiger partial charge in [-0.05, 0) is 56.2 Å². The number of hydrogen-bond donors (Lipinski definition) is 1. The van der Waals surface area contributed by atoms with Crippen LogP contribution in [0.1, 0.15) is 29.2 Å². The summed E-state index contributed by atoms with van der Waals surface area (Å²) in [6, 6.07) is 14.0. The van der Waals surface area contributed by atoms with E-state index in [1.165, 1.54) is 16.7 Å². The molecule has 0 bridgehead atoms. The maximum absolute atomic E-state index is 11.9. The van der Waals surface area contributed by atoms with Crippen molar-refractivity contribution in [1.29, 1.82) is 0 Å². The Balaban J connectivity index is 1.81. The highest BCUT2D eigenvalue weighted by molar-refractivity contribution is 7.99. The number of hydrogen-bond acceptors (Lipinski definition) is 4. The Hall–Kier alpha value is -2.27. The fourth-order valence-corrected chi connectivity index (χ4v) is 3.24. The van der Waals surface area contributed by atoms with Crippen molar-refractivity contribution >= 4 is 23.4 Å². The lowest BCUT2D eigenvalue weighted by Gasteiger charge is -2.06. The summed E-state index contributed by atoms with van der Waals surface area (Å²) in [5.74, 6) is 1.90. The molecule has 0 heterocycles. The Bertz CT molecular complexity index is 735. The van der Waals surface area contributed by atoms with Crippen molar-refractivity contribution in [3.05, 3.63) is 64.7 Å². The summed E-state index contributed by atoms with van der Waals surface area (Å²) in [4.78, 5) is 11.9. The molecule has 0 spiro atoms. The first kappa shape index (κ1) is 19.1. The maximum atomic E-state index is 11.9. The zero-order valence-corrected chi connectivity index (χ0v) is 15.9. The molecule has 0 unspecified atom stereocenters. The Morgan fingerprint density at radius 3 is 2.36 bits per heavy atom. The average molecular weight is 356 g/mol. The molecule has 0 aromatic heterocycles. The second kappa shape index (κ2) is 9.28. The van der Waals surface area contributed by atoms with E-state index in [0.717, 1.165) is 22.8 Å². The highest BCUT2D eigenvalue weighted by Gasteiger charge is 2.03. The van der Waals surface area contributed by atoms with Gasteiger partial charge in [-0.25, -0.2) is 5.43 Å². The third-order valence-corrected chi connectivity index (χ3v) is 4.64. The van der Waals surface area contributed by atoms with Gasteiger partial charge in [-0.1, -0.05) is 29.3 Å². The number of carbonyl (C=O) groups excluding carboxylic acids is 1. The van der Waals surface area contributed by atoms with Crippen molar-refractivity contribution in [2.75, 3.05) is 12.9 Å². The first-order valence-electron chi connectivity index (χ1n) is 8.10. The molecule has 2 rings (SSSR count). The number of aryl methyl sites for hydroxylation is 2. The third-order valence-electron chi connectivity index (χ3n) is 3.64. The lowest BCUT2D eigenvalue weighted by atomic mass is 10.1. The molecule has 0 fully saturated rings. The Morgan fingerprint density at radius 2 is 1.76 bits per heavy atom. The van der Waals surface area contributed by atoms with Crippen LogP contribution in [0.25, 0.3) is 0 Å². The molecule has 25 heavy (non-hydrogen) atoms. The van der Waals surface area contributed by atoms with Crippen molar-refractivity contribution in [3.63, 3.8) is 0 Å². The summed E-state index contributed by atoms with van der Waals surface area (Å²) in [5.41, 5.74) is 8.07. The molecule has 0 aliphatic carbocycles. The highest BCUT2D eigenvalue weighted by atomic mass is 32.2. The number of thioether (sulfide) groups is 1. The molecule has 0 atom stereocenters. The SMILES string of the molecule is COc1ccc(/C(C)=N\NC(=O)CSCc2cc(C)cc(C)c2)cc1. The summed E-state index contributed by atoms with van der Waals surface area (Å²) in [6.45, 7) is 6.04. The van der Waals surface area contributed by atoms with Gasteiger partial charge in [-0.3, -0.25) is 4.79 Å². The van der Waals surface area contributed by atoms with Crippen molar-refractivity contribution in [3.8, 4) is 5.75 Å². The van der Waals surface area contributed by atoms with E-state index in [-0.39, 0.29) is 5.91 Å². The number of nitrogens with one attached hydrogen (secondary N) is 1. The van der Waals surface area contributed by atoms with Crippen LogP contribution in [0.3, 0.4) is 0 Å². The fraction of sp³-hybridized carbons (Fsp3) is 0.300. The minimum absolute atomic E-state index is 0.0952. The number of hydrazone groups is 1. The van der Waals surface area contributed by atoms with Crippen LogP contribution in [0.4, 0.5) is 0 Å². The van der Waals surface area contributed by atoms with Crippen LogP contribution < -0.4 is 10.2 Å². The zero-order chi connectivity index (χ0) is 18.2. The molecule has 2 aromatic rings. The number of amides is 1. The van der Waals surface area contributed by atoms with Gasteiger partial charge in [-0.2, -0.15) is 5.10 Å². The number of benzene rings is 2. The minimum atomic E-state index is -0.0952. The molecule has 0 saturated carbocycles. The predicted molar refractivity (Wildman–Crippen MR) is 105 cm³/mol. The molecule has 4 nitrogen and oxygen atoms in total. The summed E-state index contributed by atoms with van der Waals surface area (Å²) in [5, 5.41) is 4.17. The smallest absolute Gasteiger partial charge is 0.250 e. The number of carbonyl (C=O) groups is 1. The number of rotatable bonds is 7. The average Bonchev–Trinajstić information content (AvgIpc) is 2.59. The van der Waals surface area contributed by atoms with Crippen LogP contribution in [0.15, 0.2) is 47.6 Å². The largest absolute Gasteiger partial charge is 0.497 e. The lowest BCUT2D eigenvalue weighted by Crippen LogP contribution is -2.21. The van der Waals surface area contributed by atoms with Gasteiger partial charge in [0.15, 0.2) is 0 Å². The minimum Gasteiger partial charge on any atom is -0.497 e. The lowest BCUT2D eigenvalue weighted by molar-refractivity contribution is -0.118. The van der Waals surface area contributed by atoms with Crippen molar-refractivity contribution in [2.45, 2.75) is 26.5 Å². The highest BCUT2D eigenvalue weighted by Crippen LogP contribution is 2.16. The molecule has 2 aromatic carbocycles. The van der Waals surface area contributed by atoms with Gasteiger partial charge in [0.2, 0.25) is 5.91 Å². The van der Waals surface area contributed by atoms with Crippen LogP contribution in [-0.2, 0) is 10.5 Å². The summed E-state index contributed by atoms with van der Waals surface area (Å²) in [7, 11) is 1.63. The molecule has 0 saturated heterocycles. The summed E-state index contributed by atoms with van der Waals surface area (Å²) >= 11 is 1.59. The molecule has 0 aliphatic heterocycles. The van der Waals surface area contributed by atoms with E-state index in [4.69, 9.17) is 4.74 Å². The van der Waals surface area contributed by atoms with Crippen LogP contribution in [-0.4, -0.2) is 24.5 Å². The molecule has 0 radical (unpaired) electrons. The van der Waals surface area contributed by atoms with E-state index < -0.39 is 0 Å². The molecular formula is C20H24N2O2S. The standard InChI is InChI=1S/C20H24N2O2S/c1-14-9-15(2)11-17(10-14)12-25-13-20(23)22-21-16(3)18-5-7-19(24-4)8-6-18/h5-11H,12-13H2,1-4H3,(H,22,23)/b21-16-. The zero-order valence-electron chi connectivity index (χ0n) is 15.1. The normalized spacial score (nSPS) is 11.3. The van der Waals surface area contributed by atoms with Crippen molar-refractivity contribution in [2.24, 2.45) is 5.10 Å². The Morgan fingerprint density at radius 1 is 1.12 bits per heavy atom. The van der Waals surface area contributed by atoms with Crippen LogP contribution in [0.2, 0.25) is 0 Å². The van der Waals surface area contributed by atoms with Gasteiger partial charge in [0.1, 0.15) is 5.75 Å². The van der Waals surface area contributed by atoms with Gasteiger partial charge in [0.05, 0.1) is 18.6 Å². The number of methoxy groups -OCH3 is 1. The maximum Gasteiger partial charge on any atom is 0.250 e. The van der Waals surface area contributed by atoms with E-state index in [2.05, 4.69) is 42.6 Å². The second-order valence-corrected chi connectivity index (χ2v) is 6.94. The topological polar surface area (TPSA) is 50.7 Å². The van der Waals surface area contributed by atoms with E-state index in [1.54, 1.807) is 18.9 Å². The molecular weight excluding hydrogens is 332 g/mol. The molecule has 132 valence electrons. The Labute approximate surface area is 153 Å². The van der Waals surface area contributed by atoms with Crippen molar-refractivity contribution < 1.29 is 9.53 Å². The van der Waals surface area contributed by atoms with E-state index in [1.807, 2.05) is 31.2 Å². The van der Waals surface area contributed by atoms with Crippen LogP contribution in [0.5, 0.6) is 5.75 Å². The van der Waals surface area contributed by atoms with Gasteiger partial charge < -0.3 is 4.74 Å². The summed E-state index contributed by atoms with van der Waals surface area (Å²) < 4.78 is 5.13. The Kier molecular flexibility index (Phi) is 7.07. The molecule has 0 aliphatic rings. The van der Waals surface area contributed by atoms with Crippen LogP contribution in [0, 0.1) is 13.8 Å². The molecule has 1 amide bonds. The quantitative estimate of drug-likeness (QED) is 0.600. The fourth-order valence-electron chi connectivity index (χ4n) is 2.49. The second-order valence-electron chi connectivity index (χ2n) is 5.95. The monoisotopic (exact) mass is 356 g/mol. The van der Waals surface area contributed by atoms with Gasteiger partial charge in [0, 0.05) is 5.75 Å². The van der Waals surface area contributed by atoms with E-state index >= 15 is 0 Å². The molecule has 1 N–H and O–H groups in total. The van der Waals surface area contributed by atoms with E-state index in [0.29, 0.717) is 5.75 Å².